The Morgan fingerprint density at radius 1 is 1.15 bits per heavy atom. The lowest BCUT2D eigenvalue weighted by atomic mass is 10.00. The number of ether oxygens (including phenoxy) is 1. The van der Waals surface area contributed by atoms with E-state index in [4.69, 9.17) is 9.84 Å². The average Bonchev–Trinajstić information content (AvgIpc) is 2.72. The predicted octanol–water partition coefficient (Wildman–Crippen LogP) is 2.53. The molecule has 0 spiro atoms. The SMILES string of the molecule is O=C(O)c1ccc(-c2cccc3c2OCCNC3)cc1. The number of hydrogen-bond donors (Lipinski definition) is 2. The Morgan fingerprint density at radius 3 is 2.70 bits per heavy atom. The van der Waals surface area contributed by atoms with Gasteiger partial charge in [-0.2, -0.15) is 0 Å². The second-order valence-electron chi connectivity index (χ2n) is 4.70. The molecule has 20 heavy (non-hydrogen) atoms. The molecule has 1 heterocycles. The fourth-order valence-electron chi connectivity index (χ4n) is 2.36. The van der Waals surface area contributed by atoms with Crippen LogP contribution in [-0.2, 0) is 6.54 Å². The summed E-state index contributed by atoms with van der Waals surface area (Å²) in [5, 5.41) is 12.2. The van der Waals surface area contributed by atoms with Crippen molar-refractivity contribution in [2.45, 2.75) is 6.54 Å². The summed E-state index contributed by atoms with van der Waals surface area (Å²) in [5.41, 5.74) is 3.39. The fourth-order valence-corrected chi connectivity index (χ4v) is 2.36. The van der Waals surface area contributed by atoms with E-state index in [1.165, 1.54) is 0 Å². The van der Waals surface area contributed by atoms with Gasteiger partial charge in [-0.05, 0) is 17.7 Å². The number of carbonyl (C=O) groups is 1. The Kier molecular flexibility index (Phi) is 3.39. The molecule has 0 atom stereocenters. The minimum Gasteiger partial charge on any atom is -0.491 e. The van der Waals surface area contributed by atoms with Crippen LogP contribution < -0.4 is 10.1 Å². The summed E-state index contributed by atoms with van der Waals surface area (Å²) in [6.45, 7) is 2.25. The standard InChI is InChI=1S/C16H15NO3/c18-16(19)12-6-4-11(5-7-12)14-3-1-2-13-10-17-8-9-20-15(13)14/h1-7,17H,8-10H2,(H,18,19). The van der Waals surface area contributed by atoms with Crippen LogP contribution in [0.15, 0.2) is 42.5 Å². The van der Waals surface area contributed by atoms with Crippen LogP contribution in [0.2, 0.25) is 0 Å². The number of carboxylic acid groups (broad SMARTS) is 1. The maximum Gasteiger partial charge on any atom is 0.335 e. The van der Waals surface area contributed by atoms with Crippen LogP contribution in [-0.4, -0.2) is 24.2 Å². The van der Waals surface area contributed by atoms with E-state index in [0.717, 1.165) is 35.5 Å². The Balaban J connectivity index is 2.03. The molecule has 0 aliphatic carbocycles. The largest absolute Gasteiger partial charge is 0.491 e. The van der Waals surface area contributed by atoms with Gasteiger partial charge in [0.2, 0.25) is 0 Å². The Labute approximate surface area is 117 Å². The van der Waals surface area contributed by atoms with Crippen LogP contribution in [0.4, 0.5) is 0 Å². The van der Waals surface area contributed by atoms with Gasteiger partial charge in [0, 0.05) is 24.2 Å². The molecule has 4 nitrogen and oxygen atoms in total. The molecule has 1 aliphatic rings. The van der Waals surface area contributed by atoms with Crippen LogP contribution in [0.3, 0.4) is 0 Å². The van der Waals surface area contributed by atoms with Gasteiger partial charge in [0.05, 0.1) is 5.56 Å². The molecule has 2 aromatic rings. The summed E-state index contributed by atoms with van der Waals surface area (Å²) in [4.78, 5) is 10.9. The van der Waals surface area contributed by atoms with Gasteiger partial charge in [0.15, 0.2) is 0 Å². The van der Waals surface area contributed by atoms with E-state index in [2.05, 4.69) is 5.32 Å². The summed E-state index contributed by atoms with van der Waals surface area (Å²) < 4.78 is 5.83. The third kappa shape index (κ3) is 2.38. The molecule has 1 aliphatic heterocycles. The lowest BCUT2D eigenvalue weighted by molar-refractivity contribution is 0.0697. The number of aromatic carboxylic acids is 1. The maximum absolute atomic E-state index is 10.9. The monoisotopic (exact) mass is 269 g/mol. The number of fused-ring (bicyclic) bond motifs is 1. The molecule has 2 N–H and O–H groups in total. The summed E-state index contributed by atoms with van der Waals surface area (Å²) in [5.74, 6) is -0.0236. The number of carboxylic acids is 1. The summed E-state index contributed by atoms with van der Waals surface area (Å²) >= 11 is 0. The Bertz CT molecular complexity index is 635. The molecular formula is C16H15NO3. The highest BCUT2D eigenvalue weighted by atomic mass is 16.5. The molecule has 0 saturated carbocycles. The normalized spacial score (nSPS) is 14.0. The number of rotatable bonds is 2. The first kappa shape index (κ1) is 12.7. The van der Waals surface area contributed by atoms with Crippen LogP contribution in [0.1, 0.15) is 15.9 Å². The molecule has 0 fully saturated rings. The molecule has 102 valence electrons. The van der Waals surface area contributed by atoms with Gasteiger partial charge in [0.25, 0.3) is 0 Å². The van der Waals surface area contributed by atoms with Crippen LogP contribution in [0.25, 0.3) is 11.1 Å². The second kappa shape index (κ2) is 5.35. The highest BCUT2D eigenvalue weighted by Gasteiger charge is 2.14. The van der Waals surface area contributed by atoms with Crippen LogP contribution in [0.5, 0.6) is 5.75 Å². The molecule has 2 aromatic carbocycles. The zero-order valence-corrected chi connectivity index (χ0v) is 10.9. The highest BCUT2D eigenvalue weighted by molar-refractivity contribution is 5.88. The molecule has 4 heteroatoms. The van der Waals surface area contributed by atoms with Gasteiger partial charge in [0.1, 0.15) is 12.4 Å². The van der Waals surface area contributed by atoms with E-state index in [1.54, 1.807) is 12.1 Å². The van der Waals surface area contributed by atoms with Crippen molar-refractivity contribution in [1.82, 2.24) is 5.32 Å². The molecular weight excluding hydrogens is 254 g/mol. The van der Waals surface area contributed by atoms with E-state index in [9.17, 15) is 4.79 Å². The smallest absolute Gasteiger partial charge is 0.335 e. The van der Waals surface area contributed by atoms with E-state index in [-0.39, 0.29) is 0 Å². The first-order chi connectivity index (χ1) is 9.75. The fraction of sp³-hybridized carbons (Fsp3) is 0.188. The van der Waals surface area contributed by atoms with E-state index < -0.39 is 5.97 Å². The van der Waals surface area contributed by atoms with Crippen molar-refractivity contribution in [2.75, 3.05) is 13.2 Å². The van der Waals surface area contributed by atoms with E-state index in [0.29, 0.717) is 12.2 Å². The first-order valence-electron chi connectivity index (χ1n) is 6.55. The van der Waals surface area contributed by atoms with Gasteiger partial charge in [-0.3, -0.25) is 0 Å². The molecule has 0 unspecified atom stereocenters. The van der Waals surface area contributed by atoms with Gasteiger partial charge in [-0.15, -0.1) is 0 Å². The van der Waals surface area contributed by atoms with Gasteiger partial charge in [-0.1, -0.05) is 30.3 Å². The summed E-state index contributed by atoms with van der Waals surface area (Å²) in [6.07, 6.45) is 0. The number of nitrogens with one attached hydrogen (secondary N) is 1. The Hall–Kier alpha value is -2.33. The average molecular weight is 269 g/mol. The van der Waals surface area contributed by atoms with E-state index >= 15 is 0 Å². The molecule has 0 amide bonds. The van der Waals surface area contributed by atoms with Crippen molar-refractivity contribution in [3.63, 3.8) is 0 Å². The van der Waals surface area contributed by atoms with Gasteiger partial charge >= 0.3 is 5.97 Å². The van der Waals surface area contributed by atoms with Crippen molar-refractivity contribution in [2.24, 2.45) is 0 Å². The summed E-state index contributed by atoms with van der Waals surface area (Å²) in [6, 6.07) is 12.9. The minimum atomic E-state index is -0.913. The zero-order valence-electron chi connectivity index (χ0n) is 10.9. The molecule has 0 bridgehead atoms. The van der Waals surface area contributed by atoms with Crippen molar-refractivity contribution in [1.29, 1.82) is 0 Å². The molecule has 0 aromatic heterocycles. The van der Waals surface area contributed by atoms with Gasteiger partial charge < -0.3 is 15.2 Å². The quantitative estimate of drug-likeness (QED) is 0.879. The minimum absolute atomic E-state index is 0.290. The summed E-state index contributed by atoms with van der Waals surface area (Å²) in [7, 11) is 0. The van der Waals surface area contributed by atoms with E-state index in [1.807, 2.05) is 30.3 Å². The maximum atomic E-state index is 10.9. The first-order valence-corrected chi connectivity index (χ1v) is 6.55. The van der Waals surface area contributed by atoms with Gasteiger partial charge in [-0.25, -0.2) is 4.79 Å². The zero-order chi connectivity index (χ0) is 13.9. The topological polar surface area (TPSA) is 58.6 Å². The third-order valence-electron chi connectivity index (χ3n) is 3.38. The van der Waals surface area contributed by atoms with Crippen LogP contribution >= 0.6 is 0 Å². The lowest BCUT2D eigenvalue weighted by Crippen LogP contribution is -2.16. The van der Waals surface area contributed by atoms with Crippen molar-refractivity contribution < 1.29 is 14.6 Å². The molecule has 3 rings (SSSR count). The third-order valence-corrected chi connectivity index (χ3v) is 3.38. The molecule has 0 radical (unpaired) electrons. The Morgan fingerprint density at radius 2 is 1.95 bits per heavy atom. The van der Waals surface area contributed by atoms with Crippen molar-refractivity contribution in [3.8, 4) is 16.9 Å². The highest BCUT2D eigenvalue weighted by Crippen LogP contribution is 2.34. The van der Waals surface area contributed by atoms with Crippen molar-refractivity contribution >= 4 is 5.97 Å². The van der Waals surface area contributed by atoms with Crippen LogP contribution in [0, 0.1) is 0 Å². The predicted molar refractivity (Wildman–Crippen MR) is 76.0 cm³/mol. The number of para-hydroxylation sites is 1. The number of benzene rings is 2. The second-order valence-corrected chi connectivity index (χ2v) is 4.70. The number of hydrogen-bond acceptors (Lipinski definition) is 3. The molecule has 0 saturated heterocycles. The van der Waals surface area contributed by atoms with Crippen molar-refractivity contribution in [3.05, 3.63) is 53.6 Å². The lowest BCUT2D eigenvalue weighted by Gasteiger charge is -2.13.